The highest BCUT2D eigenvalue weighted by atomic mass is 127. The van der Waals surface area contributed by atoms with Crippen LogP contribution in [0.2, 0.25) is 0 Å². The molecule has 2 bridgehead atoms. The summed E-state index contributed by atoms with van der Waals surface area (Å²) in [5.74, 6) is 0.181. The molecule has 1 aromatic carbocycles. The van der Waals surface area contributed by atoms with Crippen molar-refractivity contribution < 1.29 is 9.53 Å². The van der Waals surface area contributed by atoms with Gasteiger partial charge in [0.05, 0.1) is 13.0 Å². The van der Waals surface area contributed by atoms with Gasteiger partial charge < -0.3 is 10.1 Å². The van der Waals surface area contributed by atoms with E-state index in [1.165, 1.54) is 28.2 Å². The Morgan fingerprint density at radius 3 is 2.82 bits per heavy atom. The van der Waals surface area contributed by atoms with E-state index < -0.39 is 0 Å². The second-order valence-electron chi connectivity index (χ2n) is 6.14. The molecular weight excluding hydrogens is 389 g/mol. The minimum atomic E-state index is -0.0626. The van der Waals surface area contributed by atoms with Gasteiger partial charge in [0.25, 0.3) is 0 Å². The number of methoxy groups -OCH3 is 1. The van der Waals surface area contributed by atoms with Crippen LogP contribution in [0, 0.1) is 9.49 Å². The number of carbonyl (C=O) groups excluding carboxylic acids is 1. The summed E-state index contributed by atoms with van der Waals surface area (Å²) < 4.78 is 6.39. The average molecular weight is 415 g/mol. The van der Waals surface area contributed by atoms with Crippen molar-refractivity contribution >= 4 is 28.6 Å². The van der Waals surface area contributed by atoms with Crippen molar-refractivity contribution in [2.24, 2.45) is 5.92 Å². The van der Waals surface area contributed by atoms with Crippen LogP contribution in [0.15, 0.2) is 18.2 Å². The smallest absolute Gasteiger partial charge is 0.310 e. The molecule has 4 heteroatoms. The van der Waals surface area contributed by atoms with Crippen LogP contribution in [0.5, 0.6) is 0 Å². The number of esters is 1. The Bertz CT molecular complexity index is 546. The van der Waals surface area contributed by atoms with Crippen LogP contribution in [0.4, 0.5) is 0 Å². The van der Waals surface area contributed by atoms with Crippen LogP contribution in [0.25, 0.3) is 0 Å². The molecule has 0 spiro atoms. The summed E-state index contributed by atoms with van der Waals surface area (Å²) in [6, 6.07) is 7.54. The summed E-state index contributed by atoms with van der Waals surface area (Å²) in [4.78, 5) is 12.3. The molecule has 1 N–H and O–H groups in total. The number of hydrogen-bond donors (Lipinski definition) is 1. The number of aryl methyl sites for hydroxylation is 1. The number of halogens is 1. The van der Waals surface area contributed by atoms with Crippen LogP contribution in [-0.4, -0.2) is 25.2 Å². The molecular formula is C18H26INO2. The van der Waals surface area contributed by atoms with Gasteiger partial charge in [0.15, 0.2) is 0 Å². The van der Waals surface area contributed by atoms with E-state index in [4.69, 9.17) is 4.74 Å². The van der Waals surface area contributed by atoms with Crippen LogP contribution < -0.4 is 5.32 Å². The molecule has 3 nitrogen and oxygen atoms in total. The fourth-order valence-electron chi connectivity index (χ4n) is 3.94. The van der Waals surface area contributed by atoms with E-state index in [1.807, 2.05) is 0 Å². The molecule has 0 aliphatic carbocycles. The highest BCUT2D eigenvalue weighted by molar-refractivity contribution is 14.1. The van der Waals surface area contributed by atoms with E-state index in [1.54, 1.807) is 0 Å². The second-order valence-corrected chi connectivity index (χ2v) is 7.31. The lowest BCUT2D eigenvalue weighted by Gasteiger charge is -2.36. The molecule has 2 fully saturated rings. The van der Waals surface area contributed by atoms with E-state index in [0.717, 1.165) is 19.3 Å². The van der Waals surface area contributed by atoms with Crippen molar-refractivity contribution in [1.29, 1.82) is 0 Å². The van der Waals surface area contributed by atoms with E-state index in [9.17, 15) is 4.79 Å². The van der Waals surface area contributed by atoms with Crippen molar-refractivity contribution in [3.63, 3.8) is 0 Å². The molecule has 2 unspecified atom stereocenters. The first-order valence-corrected chi connectivity index (χ1v) is 8.84. The summed E-state index contributed by atoms with van der Waals surface area (Å²) in [7, 11) is 1.50. The molecule has 122 valence electrons. The highest BCUT2D eigenvalue weighted by Crippen LogP contribution is 2.42. The Labute approximate surface area is 147 Å². The van der Waals surface area contributed by atoms with Gasteiger partial charge in [-0.1, -0.05) is 26.5 Å². The monoisotopic (exact) mass is 415 g/mol. The quantitative estimate of drug-likeness (QED) is 0.602. The number of benzene rings is 1. The molecule has 0 radical (unpaired) electrons. The van der Waals surface area contributed by atoms with E-state index in [0.29, 0.717) is 6.04 Å². The Hall–Kier alpha value is -0.620. The topological polar surface area (TPSA) is 38.3 Å². The van der Waals surface area contributed by atoms with Gasteiger partial charge in [-0.15, -0.1) is 0 Å². The third-order valence-corrected chi connectivity index (χ3v) is 6.05. The van der Waals surface area contributed by atoms with Crippen molar-refractivity contribution in [3.05, 3.63) is 32.9 Å². The Morgan fingerprint density at radius 2 is 2.18 bits per heavy atom. The maximum atomic E-state index is 12.3. The van der Waals surface area contributed by atoms with Crippen molar-refractivity contribution in [1.82, 2.24) is 5.32 Å². The largest absolute Gasteiger partial charge is 0.469 e. The number of fused-ring (bicyclic) bond motifs is 2. The molecule has 22 heavy (non-hydrogen) atoms. The van der Waals surface area contributed by atoms with Gasteiger partial charge in [0.1, 0.15) is 0 Å². The van der Waals surface area contributed by atoms with Crippen molar-refractivity contribution in [2.45, 2.75) is 58.0 Å². The molecule has 2 saturated heterocycles. The normalized spacial score (nSPS) is 29.8. The minimum absolute atomic E-state index is 0. The molecule has 0 amide bonds. The number of nitrogens with one attached hydrogen (secondary N) is 1. The molecule has 2 aliphatic heterocycles. The lowest BCUT2D eigenvalue weighted by Crippen LogP contribution is -2.48. The predicted molar refractivity (Wildman–Crippen MR) is 98.1 cm³/mol. The van der Waals surface area contributed by atoms with Gasteiger partial charge in [0.2, 0.25) is 0 Å². The number of ether oxygens (including phenoxy) is 1. The lowest BCUT2D eigenvalue weighted by molar-refractivity contribution is -0.148. The van der Waals surface area contributed by atoms with Gasteiger partial charge in [-0.2, -0.15) is 0 Å². The Balaban J connectivity index is 0.00000176. The standard InChI is InChI=1S/C17H22INO2.CH4/c1-3-10-4-5-11(8-14(10)18)13-9-12-6-7-15(19-12)16(13)17(20)21-2;/h4-5,8,12-13,15-16,19H,3,6-7,9H2,1-2H3;1H4/t12-,13-,15?,16?;/m1./s1. The van der Waals surface area contributed by atoms with Gasteiger partial charge in [0, 0.05) is 21.6 Å². The average Bonchev–Trinajstić information content (AvgIpc) is 2.87. The van der Waals surface area contributed by atoms with Crippen LogP contribution in [0.3, 0.4) is 0 Å². The number of rotatable bonds is 3. The van der Waals surface area contributed by atoms with E-state index >= 15 is 0 Å². The summed E-state index contributed by atoms with van der Waals surface area (Å²) in [6.07, 6.45) is 4.36. The zero-order chi connectivity index (χ0) is 15.0. The molecule has 4 atom stereocenters. The number of piperidine rings is 1. The van der Waals surface area contributed by atoms with Crippen molar-refractivity contribution in [3.8, 4) is 0 Å². The van der Waals surface area contributed by atoms with Crippen LogP contribution in [-0.2, 0) is 16.0 Å². The molecule has 1 aromatic rings. The van der Waals surface area contributed by atoms with Crippen LogP contribution >= 0.6 is 22.6 Å². The third kappa shape index (κ3) is 3.18. The molecule has 0 aromatic heterocycles. The maximum Gasteiger partial charge on any atom is 0.310 e. The Kier molecular flexibility index (Phi) is 5.88. The fraction of sp³-hybridized carbons (Fsp3) is 0.611. The first kappa shape index (κ1) is 17.7. The molecule has 2 heterocycles. The number of hydrogen-bond acceptors (Lipinski definition) is 3. The first-order chi connectivity index (χ1) is 10.1. The molecule has 2 aliphatic rings. The minimum Gasteiger partial charge on any atom is -0.469 e. The third-order valence-electron chi connectivity index (χ3n) is 5.04. The highest BCUT2D eigenvalue weighted by Gasteiger charge is 2.46. The van der Waals surface area contributed by atoms with E-state index in [2.05, 4.69) is 53.0 Å². The summed E-state index contributed by atoms with van der Waals surface area (Å²) in [5.41, 5.74) is 2.68. The summed E-state index contributed by atoms with van der Waals surface area (Å²) in [6.45, 7) is 2.18. The zero-order valence-electron chi connectivity index (χ0n) is 12.6. The molecule has 0 saturated carbocycles. The predicted octanol–water partition coefficient (Wildman–Crippen LogP) is 3.89. The first-order valence-electron chi connectivity index (χ1n) is 7.76. The SMILES string of the molecule is C.CCc1ccc([C@H]2C[C@H]3CCC(N3)C2C(=O)OC)cc1I. The Morgan fingerprint density at radius 1 is 1.41 bits per heavy atom. The lowest BCUT2D eigenvalue weighted by atomic mass is 9.77. The fourth-order valence-corrected chi connectivity index (χ4v) is 4.86. The van der Waals surface area contributed by atoms with Crippen LogP contribution in [0.1, 0.15) is 50.7 Å². The maximum absolute atomic E-state index is 12.3. The zero-order valence-corrected chi connectivity index (χ0v) is 14.7. The van der Waals surface area contributed by atoms with Gasteiger partial charge in [-0.3, -0.25) is 4.79 Å². The second kappa shape index (κ2) is 7.30. The van der Waals surface area contributed by atoms with Crippen molar-refractivity contribution in [2.75, 3.05) is 7.11 Å². The number of carbonyl (C=O) groups is 1. The summed E-state index contributed by atoms with van der Waals surface area (Å²) in [5, 5.41) is 3.59. The van der Waals surface area contributed by atoms with E-state index in [-0.39, 0.29) is 31.3 Å². The van der Waals surface area contributed by atoms with Gasteiger partial charge in [-0.05, 0) is 65.5 Å². The van der Waals surface area contributed by atoms with Gasteiger partial charge in [-0.25, -0.2) is 0 Å². The summed E-state index contributed by atoms with van der Waals surface area (Å²) >= 11 is 2.41. The van der Waals surface area contributed by atoms with Gasteiger partial charge >= 0.3 is 5.97 Å². The molecule has 3 rings (SSSR count).